The number of nitrogens with one attached hydrogen (secondary N) is 2. The summed E-state index contributed by atoms with van der Waals surface area (Å²) in [7, 11) is -3.28. The molecule has 8 heteroatoms. The summed E-state index contributed by atoms with van der Waals surface area (Å²) in [6, 6.07) is 11.6. The van der Waals surface area contributed by atoms with Gasteiger partial charge in [0.25, 0.3) is 0 Å². The summed E-state index contributed by atoms with van der Waals surface area (Å²) < 4.78 is 26.7. The van der Waals surface area contributed by atoms with E-state index in [4.69, 9.17) is 0 Å². The Morgan fingerprint density at radius 3 is 2.37 bits per heavy atom. The quantitative estimate of drug-likeness (QED) is 0.792. The van der Waals surface area contributed by atoms with Crippen LogP contribution in [0.1, 0.15) is 26.7 Å². The first-order valence-electron chi connectivity index (χ1n) is 9.06. The zero-order valence-corrected chi connectivity index (χ0v) is 17.1. The first-order valence-corrected chi connectivity index (χ1v) is 11.5. The number of thiophene rings is 1. The molecular weight excluding hydrogens is 382 g/mol. The number of likely N-dealkylation sites (tertiary alicyclic amines) is 1. The molecule has 2 amide bonds. The molecule has 1 aliphatic rings. The molecule has 1 aromatic carbocycles. The number of hydrogen-bond donors (Lipinski definition) is 2. The molecule has 1 aliphatic heterocycles. The Kier molecular flexibility index (Phi) is 6.18. The lowest BCUT2D eigenvalue weighted by Crippen LogP contribution is -2.48. The maximum atomic E-state index is 12.5. The summed E-state index contributed by atoms with van der Waals surface area (Å²) in [6.07, 6.45) is 1.24. The lowest BCUT2D eigenvalue weighted by Gasteiger charge is -2.32. The number of rotatable bonds is 5. The predicted molar refractivity (Wildman–Crippen MR) is 111 cm³/mol. The maximum absolute atomic E-state index is 12.5. The first-order chi connectivity index (χ1) is 12.8. The van der Waals surface area contributed by atoms with Gasteiger partial charge in [-0.1, -0.05) is 18.2 Å². The summed E-state index contributed by atoms with van der Waals surface area (Å²) in [5.74, 6) is 0. The predicted octanol–water partition coefficient (Wildman–Crippen LogP) is 3.74. The average molecular weight is 408 g/mol. The lowest BCUT2D eigenvalue weighted by atomic mass is 10.1. The second-order valence-corrected chi connectivity index (χ2v) is 10.2. The molecule has 2 heterocycles. The molecule has 0 atom stereocenters. The highest BCUT2D eigenvalue weighted by Gasteiger charge is 2.27. The van der Waals surface area contributed by atoms with Gasteiger partial charge in [-0.25, -0.2) is 17.9 Å². The summed E-state index contributed by atoms with van der Waals surface area (Å²) in [6.45, 7) is 4.39. The van der Waals surface area contributed by atoms with E-state index < -0.39 is 15.3 Å². The van der Waals surface area contributed by atoms with Crippen molar-refractivity contribution in [3.8, 4) is 10.4 Å². The van der Waals surface area contributed by atoms with E-state index in [2.05, 4.69) is 16.1 Å². The van der Waals surface area contributed by atoms with E-state index in [0.29, 0.717) is 25.9 Å². The smallest absolute Gasteiger partial charge is 0.321 e. The van der Waals surface area contributed by atoms with Crippen LogP contribution in [0.4, 0.5) is 10.5 Å². The minimum atomic E-state index is -3.28. The van der Waals surface area contributed by atoms with Crippen molar-refractivity contribution >= 4 is 33.1 Å². The van der Waals surface area contributed by atoms with E-state index in [1.165, 1.54) is 4.88 Å². The fourth-order valence-corrected chi connectivity index (χ4v) is 4.64. The van der Waals surface area contributed by atoms with E-state index >= 15 is 0 Å². The van der Waals surface area contributed by atoms with Gasteiger partial charge < -0.3 is 10.2 Å². The number of anilines is 1. The molecule has 2 N–H and O–H groups in total. The van der Waals surface area contributed by atoms with Crippen LogP contribution in [0.25, 0.3) is 10.4 Å². The van der Waals surface area contributed by atoms with E-state index in [-0.39, 0.29) is 12.1 Å². The standard InChI is InChI=1S/C19H25N3O3S2/c1-14(2)27(24,25)21-17-9-11-22(12-10-17)19(23)20-16-7-5-15(6-8-16)18-4-3-13-26-18/h3-8,13-14,17,21H,9-12H2,1-2H3,(H,20,23). The molecule has 6 nitrogen and oxygen atoms in total. The molecule has 1 saturated heterocycles. The summed E-state index contributed by atoms with van der Waals surface area (Å²) in [5.41, 5.74) is 1.88. The van der Waals surface area contributed by atoms with Crippen LogP contribution in [0.15, 0.2) is 41.8 Å². The molecule has 0 radical (unpaired) electrons. The molecule has 27 heavy (non-hydrogen) atoms. The Bertz CT molecular complexity index is 854. The van der Waals surface area contributed by atoms with E-state index in [1.807, 2.05) is 35.7 Å². The van der Waals surface area contributed by atoms with Gasteiger partial charge in [-0.3, -0.25) is 0 Å². The number of nitrogens with zero attached hydrogens (tertiary/aromatic N) is 1. The number of benzene rings is 1. The van der Waals surface area contributed by atoms with Gasteiger partial charge >= 0.3 is 6.03 Å². The molecule has 0 bridgehead atoms. The highest BCUT2D eigenvalue weighted by atomic mass is 32.2. The Labute approximate surface area is 164 Å². The van der Waals surface area contributed by atoms with Crippen molar-refractivity contribution in [2.45, 2.75) is 38.0 Å². The van der Waals surface area contributed by atoms with Crippen molar-refractivity contribution in [3.63, 3.8) is 0 Å². The lowest BCUT2D eigenvalue weighted by molar-refractivity contribution is 0.193. The zero-order valence-electron chi connectivity index (χ0n) is 15.5. The molecule has 0 aliphatic carbocycles. The van der Waals surface area contributed by atoms with Gasteiger partial charge in [0.05, 0.1) is 5.25 Å². The molecule has 0 saturated carbocycles. The van der Waals surface area contributed by atoms with Crippen LogP contribution in [0.5, 0.6) is 0 Å². The third-order valence-corrected chi connectivity index (χ3v) is 7.50. The van der Waals surface area contributed by atoms with E-state index in [9.17, 15) is 13.2 Å². The highest BCUT2D eigenvalue weighted by molar-refractivity contribution is 7.90. The minimum Gasteiger partial charge on any atom is -0.324 e. The monoisotopic (exact) mass is 407 g/mol. The van der Waals surface area contributed by atoms with Crippen LogP contribution >= 0.6 is 11.3 Å². The van der Waals surface area contributed by atoms with Crippen molar-refractivity contribution in [3.05, 3.63) is 41.8 Å². The molecule has 3 rings (SSSR count). The molecule has 1 aromatic heterocycles. The van der Waals surface area contributed by atoms with Crippen LogP contribution in [0.3, 0.4) is 0 Å². The van der Waals surface area contributed by atoms with Gasteiger partial charge in [-0.05, 0) is 55.8 Å². The second-order valence-electron chi connectivity index (χ2n) is 6.96. The fourth-order valence-electron chi connectivity index (χ4n) is 2.93. The van der Waals surface area contributed by atoms with Crippen molar-refractivity contribution in [2.24, 2.45) is 0 Å². The van der Waals surface area contributed by atoms with Crippen molar-refractivity contribution < 1.29 is 13.2 Å². The van der Waals surface area contributed by atoms with Gasteiger partial charge in [-0.15, -0.1) is 11.3 Å². The number of amides is 2. The number of sulfonamides is 1. The van der Waals surface area contributed by atoms with Gasteiger partial charge in [-0.2, -0.15) is 0 Å². The molecular formula is C19H25N3O3S2. The van der Waals surface area contributed by atoms with Crippen molar-refractivity contribution in [2.75, 3.05) is 18.4 Å². The van der Waals surface area contributed by atoms with Gasteiger partial charge in [0.2, 0.25) is 10.0 Å². The summed E-state index contributed by atoms with van der Waals surface area (Å²) >= 11 is 1.68. The molecule has 0 unspecified atom stereocenters. The van der Waals surface area contributed by atoms with Crippen LogP contribution in [-0.2, 0) is 10.0 Å². The highest BCUT2D eigenvalue weighted by Crippen LogP contribution is 2.26. The Morgan fingerprint density at radius 2 is 1.81 bits per heavy atom. The molecule has 1 fully saturated rings. The summed E-state index contributed by atoms with van der Waals surface area (Å²) in [4.78, 5) is 15.4. The fraction of sp³-hybridized carbons (Fsp3) is 0.421. The van der Waals surface area contributed by atoms with Crippen LogP contribution < -0.4 is 10.0 Å². The molecule has 0 spiro atoms. The normalized spacial score (nSPS) is 15.9. The third kappa shape index (κ3) is 5.09. The molecule has 2 aromatic rings. The topological polar surface area (TPSA) is 78.5 Å². The molecule has 146 valence electrons. The number of piperidine rings is 1. The second kappa shape index (κ2) is 8.41. The Balaban J connectivity index is 1.51. The number of carbonyl (C=O) groups is 1. The van der Waals surface area contributed by atoms with Gasteiger partial charge in [0.15, 0.2) is 0 Å². The largest absolute Gasteiger partial charge is 0.324 e. The van der Waals surface area contributed by atoms with Gasteiger partial charge in [0, 0.05) is 29.7 Å². The number of urea groups is 1. The third-order valence-electron chi connectivity index (χ3n) is 4.68. The van der Waals surface area contributed by atoms with E-state index in [1.54, 1.807) is 30.1 Å². The van der Waals surface area contributed by atoms with Gasteiger partial charge in [0.1, 0.15) is 0 Å². The Hall–Kier alpha value is -1.90. The van der Waals surface area contributed by atoms with Crippen LogP contribution in [-0.4, -0.2) is 43.7 Å². The van der Waals surface area contributed by atoms with E-state index in [0.717, 1.165) is 11.3 Å². The average Bonchev–Trinajstić information content (AvgIpc) is 3.17. The van der Waals surface area contributed by atoms with Crippen molar-refractivity contribution in [1.82, 2.24) is 9.62 Å². The number of carbonyl (C=O) groups excluding carboxylic acids is 1. The number of hydrogen-bond acceptors (Lipinski definition) is 4. The van der Waals surface area contributed by atoms with Crippen LogP contribution in [0.2, 0.25) is 0 Å². The summed E-state index contributed by atoms with van der Waals surface area (Å²) in [5, 5.41) is 4.51. The SMILES string of the molecule is CC(C)S(=O)(=O)NC1CCN(C(=O)Nc2ccc(-c3cccs3)cc2)CC1. The van der Waals surface area contributed by atoms with Crippen LogP contribution in [0, 0.1) is 0 Å². The zero-order chi connectivity index (χ0) is 19.4. The first kappa shape index (κ1) is 19.9. The maximum Gasteiger partial charge on any atom is 0.321 e. The Morgan fingerprint density at radius 1 is 1.15 bits per heavy atom. The van der Waals surface area contributed by atoms with Crippen molar-refractivity contribution in [1.29, 1.82) is 0 Å². The minimum absolute atomic E-state index is 0.105.